The third kappa shape index (κ3) is 5.20. The van der Waals surface area contributed by atoms with Crippen LogP contribution in [0.4, 0.5) is 9.18 Å². The van der Waals surface area contributed by atoms with E-state index in [0.29, 0.717) is 17.7 Å². The van der Waals surface area contributed by atoms with Crippen molar-refractivity contribution in [3.8, 4) is 11.8 Å². The van der Waals surface area contributed by atoms with Crippen molar-refractivity contribution in [2.75, 3.05) is 13.6 Å². The molecule has 1 aromatic heterocycles. The molecule has 1 saturated heterocycles. The lowest BCUT2D eigenvalue weighted by molar-refractivity contribution is 0.132. The second-order valence-corrected chi connectivity index (χ2v) is 6.66. The molecule has 2 heterocycles. The molecule has 1 aliphatic heterocycles. The first-order valence-electron chi connectivity index (χ1n) is 8.98. The Labute approximate surface area is 169 Å². The van der Waals surface area contributed by atoms with Crippen LogP contribution >= 0.6 is 0 Å². The number of nitrogens with zero attached hydrogens (tertiary/aromatic N) is 3. The average molecular weight is 392 g/mol. The van der Waals surface area contributed by atoms with Crippen LogP contribution in [0.3, 0.4) is 0 Å². The predicted molar refractivity (Wildman–Crippen MR) is 109 cm³/mol. The van der Waals surface area contributed by atoms with E-state index in [4.69, 9.17) is 4.74 Å². The van der Waals surface area contributed by atoms with Gasteiger partial charge in [-0.3, -0.25) is 9.98 Å². The molecule has 1 aliphatic rings. The number of cyclic esters (lactones) is 1. The lowest BCUT2D eigenvalue weighted by Gasteiger charge is -2.17. The number of halogens is 1. The SMILES string of the molecule is C=N/C(C)=C\N(C)CC#Cc1cncc([C@H]2NC(=O)O[C@@H]2c2cccc(F)c2)c1. The van der Waals surface area contributed by atoms with Crippen molar-refractivity contribution < 1.29 is 13.9 Å². The van der Waals surface area contributed by atoms with Crippen molar-refractivity contribution in [3.05, 3.63) is 77.1 Å². The summed E-state index contributed by atoms with van der Waals surface area (Å²) in [6, 6.07) is 7.38. The molecule has 3 rings (SSSR count). The Hall–Kier alpha value is -3.66. The molecule has 0 spiro atoms. The van der Waals surface area contributed by atoms with Gasteiger partial charge in [0.15, 0.2) is 6.10 Å². The van der Waals surface area contributed by atoms with Crippen LogP contribution in [0.2, 0.25) is 0 Å². The van der Waals surface area contributed by atoms with Crippen LogP contribution in [-0.4, -0.2) is 36.3 Å². The van der Waals surface area contributed by atoms with E-state index in [2.05, 4.69) is 33.9 Å². The highest BCUT2D eigenvalue weighted by atomic mass is 19.1. The Balaban J connectivity index is 1.79. The maximum absolute atomic E-state index is 13.6. The molecule has 29 heavy (non-hydrogen) atoms. The lowest BCUT2D eigenvalue weighted by Crippen LogP contribution is -2.20. The van der Waals surface area contributed by atoms with Crippen molar-refractivity contribution in [2.45, 2.75) is 19.1 Å². The summed E-state index contributed by atoms with van der Waals surface area (Å²) in [6.45, 7) is 5.84. The molecule has 2 atom stereocenters. The number of alkyl carbamates (subject to hydrolysis) is 1. The minimum Gasteiger partial charge on any atom is -0.439 e. The Morgan fingerprint density at radius 2 is 2.24 bits per heavy atom. The van der Waals surface area contributed by atoms with Gasteiger partial charge in [-0.05, 0) is 43.0 Å². The number of nitrogens with one attached hydrogen (secondary N) is 1. The average Bonchev–Trinajstić information content (AvgIpc) is 3.10. The molecule has 2 aromatic rings. The van der Waals surface area contributed by atoms with Gasteiger partial charge in [-0.2, -0.15) is 0 Å². The van der Waals surface area contributed by atoms with Gasteiger partial charge in [-0.15, -0.1) is 0 Å². The van der Waals surface area contributed by atoms with Gasteiger partial charge in [0, 0.05) is 31.2 Å². The molecule has 1 aromatic carbocycles. The number of benzene rings is 1. The Bertz CT molecular complexity index is 1010. The molecular formula is C22H21FN4O2. The third-order valence-electron chi connectivity index (χ3n) is 4.32. The fourth-order valence-corrected chi connectivity index (χ4v) is 2.99. The molecule has 0 bridgehead atoms. The number of hydrogen-bond acceptors (Lipinski definition) is 5. The second kappa shape index (κ2) is 9.02. The zero-order chi connectivity index (χ0) is 20.8. The maximum Gasteiger partial charge on any atom is 0.408 e. The summed E-state index contributed by atoms with van der Waals surface area (Å²) in [5, 5.41) is 2.76. The van der Waals surface area contributed by atoms with Gasteiger partial charge < -0.3 is 15.0 Å². The van der Waals surface area contributed by atoms with Gasteiger partial charge >= 0.3 is 6.09 Å². The zero-order valence-corrected chi connectivity index (χ0v) is 16.2. The first-order chi connectivity index (χ1) is 14.0. The highest BCUT2D eigenvalue weighted by Crippen LogP contribution is 2.36. The molecule has 0 unspecified atom stereocenters. The molecule has 7 heteroatoms. The molecule has 148 valence electrons. The minimum atomic E-state index is -0.645. The second-order valence-electron chi connectivity index (χ2n) is 6.66. The van der Waals surface area contributed by atoms with E-state index in [0.717, 1.165) is 11.3 Å². The molecular weight excluding hydrogens is 371 g/mol. The fraction of sp³-hybridized carbons (Fsp3) is 0.227. The van der Waals surface area contributed by atoms with Crippen LogP contribution in [0, 0.1) is 17.7 Å². The number of pyridine rings is 1. The summed E-state index contributed by atoms with van der Waals surface area (Å²) in [7, 11) is 1.90. The van der Waals surface area contributed by atoms with Crippen molar-refractivity contribution in [2.24, 2.45) is 4.99 Å². The van der Waals surface area contributed by atoms with Crippen LogP contribution in [-0.2, 0) is 4.74 Å². The zero-order valence-electron chi connectivity index (χ0n) is 16.2. The molecule has 1 amide bonds. The van der Waals surface area contributed by atoms with E-state index in [1.54, 1.807) is 24.5 Å². The van der Waals surface area contributed by atoms with E-state index in [1.807, 2.05) is 31.1 Å². The van der Waals surface area contributed by atoms with Gasteiger partial charge in [0.25, 0.3) is 0 Å². The molecule has 1 fully saturated rings. The summed E-state index contributed by atoms with van der Waals surface area (Å²) in [5.74, 6) is 5.74. The first-order valence-corrected chi connectivity index (χ1v) is 8.98. The number of carbonyl (C=O) groups excluding carboxylic acids is 1. The summed E-state index contributed by atoms with van der Waals surface area (Å²) >= 11 is 0. The molecule has 0 aliphatic carbocycles. The van der Waals surface area contributed by atoms with Crippen molar-refractivity contribution in [1.82, 2.24) is 15.2 Å². The highest BCUT2D eigenvalue weighted by molar-refractivity contribution is 5.71. The number of hydrogen-bond donors (Lipinski definition) is 1. The number of aromatic nitrogens is 1. The van der Waals surface area contributed by atoms with Gasteiger partial charge in [-0.1, -0.05) is 24.0 Å². The Kier molecular flexibility index (Phi) is 6.25. The van der Waals surface area contributed by atoms with Crippen LogP contribution in [0.15, 0.2) is 59.6 Å². The number of ether oxygens (including phenoxy) is 1. The van der Waals surface area contributed by atoms with Crippen LogP contribution < -0.4 is 5.32 Å². The largest absolute Gasteiger partial charge is 0.439 e. The maximum atomic E-state index is 13.6. The number of amides is 1. The lowest BCUT2D eigenvalue weighted by atomic mass is 9.97. The van der Waals surface area contributed by atoms with Crippen molar-refractivity contribution in [1.29, 1.82) is 0 Å². The topological polar surface area (TPSA) is 66.8 Å². The number of allylic oxidation sites excluding steroid dienone is 1. The van der Waals surface area contributed by atoms with Gasteiger partial charge in [0.2, 0.25) is 0 Å². The summed E-state index contributed by atoms with van der Waals surface area (Å²) in [4.78, 5) is 21.8. The smallest absolute Gasteiger partial charge is 0.408 e. The van der Waals surface area contributed by atoms with Gasteiger partial charge in [-0.25, -0.2) is 9.18 Å². The van der Waals surface area contributed by atoms with E-state index in [9.17, 15) is 9.18 Å². The standard InChI is InChI=1S/C22H21FN4O2/c1-15(24-2)14-27(3)9-5-6-16-10-18(13-25-12-16)20-21(29-22(28)26-20)17-7-4-8-19(23)11-17/h4,7-8,10-14,20-21H,2,9H2,1,3H3,(H,26,28)/b15-14-/t20-,21-/m1/s1. The van der Waals surface area contributed by atoms with E-state index >= 15 is 0 Å². The normalized spacial score (nSPS) is 18.3. The van der Waals surface area contributed by atoms with Crippen molar-refractivity contribution >= 4 is 12.8 Å². The van der Waals surface area contributed by atoms with Crippen molar-refractivity contribution in [3.63, 3.8) is 0 Å². The molecule has 0 radical (unpaired) electrons. The fourth-order valence-electron chi connectivity index (χ4n) is 2.99. The molecule has 6 nitrogen and oxygen atoms in total. The minimum absolute atomic E-state index is 0.387. The van der Waals surface area contributed by atoms with E-state index < -0.39 is 18.2 Å². The third-order valence-corrected chi connectivity index (χ3v) is 4.32. The number of rotatable bonds is 5. The summed E-state index contributed by atoms with van der Waals surface area (Å²) in [5.41, 5.74) is 2.82. The summed E-state index contributed by atoms with van der Waals surface area (Å²) < 4.78 is 19.0. The van der Waals surface area contributed by atoms with Crippen LogP contribution in [0.25, 0.3) is 0 Å². The molecule has 0 saturated carbocycles. The monoisotopic (exact) mass is 392 g/mol. The number of carbonyl (C=O) groups is 1. The first kappa shape index (κ1) is 20.1. The van der Waals surface area contributed by atoms with Gasteiger partial charge in [0.1, 0.15) is 11.9 Å². The quantitative estimate of drug-likeness (QED) is 0.624. The van der Waals surface area contributed by atoms with Crippen LogP contribution in [0.5, 0.6) is 0 Å². The Morgan fingerprint density at radius 1 is 1.41 bits per heavy atom. The molecule has 1 N–H and O–H groups in total. The van der Waals surface area contributed by atoms with E-state index in [-0.39, 0.29) is 5.82 Å². The predicted octanol–water partition coefficient (Wildman–Crippen LogP) is 3.59. The van der Waals surface area contributed by atoms with Gasteiger partial charge in [0.05, 0.1) is 12.2 Å². The van der Waals surface area contributed by atoms with E-state index in [1.165, 1.54) is 12.1 Å². The number of aliphatic imine (C=N–C) groups is 1. The summed E-state index contributed by atoms with van der Waals surface area (Å²) in [6.07, 6.45) is 3.95. The highest BCUT2D eigenvalue weighted by Gasteiger charge is 2.36. The van der Waals surface area contributed by atoms with Crippen LogP contribution in [0.1, 0.15) is 35.8 Å². The Morgan fingerprint density at radius 3 is 3.00 bits per heavy atom.